The minimum Gasteiger partial charge on any atom is -0.481 e. The Labute approximate surface area is 163 Å². The van der Waals surface area contributed by atoms with Gasteiger partial charge in [-0.3, -0.25) is 0 Å². The van der Waals surface area contributed by atoms with Crippen LogP contribution in [0.2, 0.25) is 0 Å². The predicted molar refractivity (Wildman–Crippen MR) is 102 cm³/mol. The Kier molecular flexibility index (Phi) is 5.09. The second-order valence-electron chi connectivity index (χ2n) is 6.81. The first-order valence-corrected chi connectivity index (χ1v) is 9.24. The number of hydrogen-bond donors (Lipinski definition) is 0. The highest BCUT2D eigenvalue weighted by atomic mass is 16.5. The molecule has 1 saturated heterocycles. The van der Waals surface area contributed by atoms with E-state index in [4.69, 9.17) is 9.47 Å². The maximum atomic E-state index is 5.28. The van der Waals surface area contributed by atoms with Gasteiger partial charge in [0, 0.05) is 38.4 Å². The summed E-state index contributed by atoms with van der Waals surface area (Å²) in [5, 5.41) is 8.87. The highest BCUT2D eigenvalue weighted by molar-refractivity contribution is 5.38. The molecular weight excluding hydrogens is 360 g/mol. The van der Waals surface area contributed by atoms with Gasteiger partial charge in [0.1, 0.15) is 5.82 Å². The maximum Gasteiger partial charge on any atom is 0.231 e. The average molecular weight is 384 g/mol. The van der Waals surface area contributed by atoms with E-state index in [1.54, 1.807) is 32.8 Å². The van der Waals surface area contributed by atoms with Crippen molar-refractivity contribution in [3.8, 4) is 11.8 Å². The number of hydrogen-bond acceptors (Lipinski definition) is 8. The van der Waals surface area contributed by atoms with E-state index < -0.39 is 0 Å². The van der Waals surface area contributed by atoms with E-state index in [2.05, 4.69) is 34.6 Å². The summed E-state index contributed by atoms with van der Waals surface area (Å²) in [7, 11) is 5.20. The minimum atomic E-state index is 0.253. The molecule has 0 unspecified atom stereocenters. The van der Waals surface area contributed by atoms with Crippen LogP contribution in [0.3, 0.4) is 0 Å². The van der Waals surface area contributed by atoms with Crippen molar-refractivity contribution in [3.05, 3.63) is 36.4 Å². The first-order chi connectivity index (χ1) is 13.7. The highest BCUT2D eigenvalue weighted by Crippen LogP contribution is 2.29. The van der Waals surface area contributed by atoms with Gasteiger partial charge in [0.15, 0.2) is 5.82 Å². The number of piperidine rings is 1. The van der Waals surface area contributed by atoms with E-state index in [9.17, 15) is 0 Å². The second kappa shape index (κ2) is 7.83. The molecule has 10 nitrogen and oxygen atoms in total. The molecule has 0 aromatic carbocycles. The topological polar surface area (TPSA) is 96.0 Å². The molecule has 1 atom stereocenters. The van der Waals surface area contributed by atoms with Gasteiger partial charge >= 0.3 is 0 Å². The van der Waals surface area contributed by atoms with Gasteiger partial charge in [-0.1, -0.05) is 0 Å². The molecule has 0 aliphatic carbocycles. The van der Waals surface area contributed by atoms with E-state index >= 15 is 0 Å². The van der Waals surface area contributed by atoms with Crippen molar-refractivity contribution in [2.75, 3.05) is 32.2 Å². The van der Waals surface area contributed by atoms with Gasteiger partial charge in [-0.25, -0.2) is 4.98 Å². The molecule has 0 radical (unpaired) electrons. The number of imidazole rings is 1. The summed E-state index contributed by atoms with van der Waals surface area (Å²) in [6, 6.07) is 1.68. The molecule has 0 spiro atoms. The summed E-state index contributed by atoms with van der Waals surface area (Å²) in [6.07, 6.45) is 7.54. The van der Waals surface area contributed by atoms with Crippen LogP contribution in [-0.4, -0.2) is 61.6 Å². The average Bonchev–Trinajstić information content (AvgIpc) is 3.38. The van der Waals surface area contributed by atoms with Crippen LogP contribution >= 0.6 is 0 Å². The molecule has 0 N–H and O–H groups in total. The van der Waals surface area contributed by atoms with Crippen LogP contribution in [0.15, 0.2) is 24.8 Å². The summed E-state index contributed by atoms with van der Waals surface area (Å²) >= 11 is 0. The Hall–Kier alpha value is -3.17. The predicted octanol–water partition coefficient (Wildman–Crippen LogP) is 1.25. The molecule has 4 rings (SSSR count). The van der Waals surface area contributed by atoms with Gasteiger partial charge in [0.2, 0.25) is 17.7 Å². The summed E-state index contributed by atoms with van der Waals surface area (Å²) < 4.78 is 14.6. The van der Waals surface area contributed by atoms with Crippen molar-refractivity contribution < 1.29 is 9.47 Å². The minimum absolute atomic E-state index is 0.253. The Morgan fingerprint density at radius 3 is 2.61 bits per heavy atom. The molecule has 28 heavy (non-hydrogen) atoms. The molecule has 3 aromatic heterocycles. The molecule has 3 aromatic rings. The fourth-order valence-corrected chi connectivity index (χ4v) is 3.52. The summed E-state index contributed by atoms with van der Waals surface area (Å²) in [5.74, 6) is 3.74. The monoisotopic (exact) mass is 384 g/mol. The number of methoxy groups -OCH3 is 2. The number of nitrogens with zero attached hydrogens (tertiary/aromatic N) is 8. The fraction of sp³-hybridized carbons (Fsp3) is 0.500. The van der Waals surface area contributed by atoms with Gasteiger partial charge in [-0.2, -0.15) is 9.97 Å². The first kappa shape index (κ1) is 18.2. The molecule has 0 saturated carbocycles. The fourth-order valence-electron chi connectivity index (χ4n) is 3.52. The van der Waals surface area contributed by atoms with Crippen molar-refractivity contribution in [3.63, 3.8) is 0 Å². The van der Waals surface area contributed by atoms with Crippen LogP contribution in [-0.2, 0) is 13.6 Å². The molecule has 1 aliphatic heterocycles. The number of ether oxygens (including phenoxy) is 2. The summed E-state index contributed by atoms with van der Waals surface area (Å²) in [4.78, 5) is 15.2. The number of anilines is 1. The Balaban J connectivity index is 1.54. The van der Waals surface area contributed by atoms with Crippen molar-refractivity contribution >= 4 is 5.95 Å². The van der Waals surface area contributed by atoms with Crippen molar-refractivity contribution in [2.45, 2.75) is 25.3 Å². The Morgan fingerprint density at radius 1 is 1.14 bits per heavy atom. The van der Waals surface area contributed by atoms with E-state index in [1.165, 1.54) is 0 Å². The Morgan fingerprint density at radius 2 is 1.93 bits per heavy atom. The first-order valence-electron chi connectivity index (χ1n) is 9.24. The lowest BCUT2D eigenvalue weighted by atomic mass is 9.97. The second-order valence-corrected chi connectivity index (χ2v) is 6.81. The molecule has 148 valence electrons. The lowest BCUT2D eigenvalue weighted by Gasteiger charge is -2.32. The molecule has 1 aliphatic rings. The van der Waals surface area contributed by atoms with Crippen molar-refractivity contribution in [2.24, 2.45) is 7.05 Å². The lowest BCUT2D eigenvalue weighted by molar-refractivity contribution is 0.369. The van der Waals surface area contributed by atoms with Crippen molar-refractivity contribution in [1.29, 1.82) is 0 Å². The molecule has 0 amide bonds. The quantitative estimate of drug-likeness (QED) is 0.627. The number of aromatic nitrogens is 7. The molecule has 0 bridgehead atoms. The van der Waals surface area contributed by atoms with Crippen LogP contribution in [0, 0.1) is 0 Å². The van der Waals surface area contributed by atoms with E-state index in [0.29, 0.717) is 24.3 Å². The van der Waals surface area contributed by atoms with Crippen molar-refractivity contribution in [1.82, 2.24) is 34.3 Å². The molecule has 4 heterocycles. The van der Waals surface area contributed by atoms with Crippen LogP contribution in [0.25, 0.3) is 0 Å². The number of rotatable bonds is 6. The summed E-state index contributed by atoms with van der Waals surface area (Å²) in [5.41, 5.74) is 0. The third kappa shape index (κ3) is 3.62. The van der Waals surface area contributed by atoms with Crippen LogP contribution in [0.1, 0.15) is 30.4 Å². The van der Waals surface area contributed by atoms with Gasteiger partial charge in [-0.15, -0.1) is 10.2 Å². The normalized spacial score (nSPS) is 17.0. The molecule has 1 fully saturated rings. The maximum absolute atomic E-state index is 5.28. The van der Waals surface area contributed by atoms with Gasteiger partial charge in [0.05, 0.1) is 33.2 Å². The largest absolute Gasteiger partial charge is 0.481 e. The lowest BCUT2D eigenvalue weighted by Crippen LogP contribution is -2.36. The zero-order valence-electron chi connectivity index (χ0n) is 16.3. The van der Waals surface area contributed by atoms with E-state index in [0.717, 1.165) is 37.6 Å². The van der Waals surface area contributed by atoms with Crippen LogP contribution in [0.5, 0.6) is 11.8 Å². The standard InChI is InChI=1S/C18H24N8O2/c1-24-14(11-25-8-6-19-12-25)22-23-17(24)13-5-4-7-26(10-13)18-20-15(27-2)9-16(21-18)28-3/h6,8-9,12-13H,4-5,7,10-11H2,1-3H3/t13-/m0/s1. The Bertz CT molecular complexity index is 902. The van der Waals surface area contributed by atoms with Crippen LogP contribution in [0.4, 0.5) is 5.95 Å². The smallest absolute Gasteiger partial charge is 0.231 e. The van der Waals surface area contributed by atoms with E-state index in [1.807, 2.05) is 17.8 Å². The van der Waals surface area contributed by atoms with Gasteiger partial charge in [0.25, 0.3) is 0 Å². The summed E-state index contributed by atoms with van der Waals surface area (Å²) in [6.45, 7) is 2.30. The van der Waals surface area contributed by atoms with Crippen LogP contribution < -0.4 is 14.4 Å². The van der Waals surface area contributed by atoms with Gasteiger partial charge < -0.3 is 23.5 Å². The van der Waals surface area contributed by atoms with E-state index in [-0.39, 0.29) is 5.92 Å². The van der Waals surface area contributed by atoms with Gasteiger partial charge in [-0.05, 0) is 12.8 Å². The highest BCUT2D eigenvalue weighted by Gasteiger charge is 2.28. The zero-order valence-corrected chi connectivity index (χ0v) is 16.3. The SMILES string of the molecule is COc1cc(OC)nc(N2CCC[C@H](c3nnc(Cn4ccnc4)n3C)C2)n1. The zero-order chi connectivity index (χ0) is 19.5. The third-order valence-corrected chi connectivity index (χ3v) is 5.04. The third-order valence-electron chi connectivity index (χ3n) is 5.04. The molecular formula is C18H24N8O2. The molecule has 10 heteroatoms.